The van der Waals surface area contributed by atoms with Crippen molar-refractivity contribution < 1.29 is 14.3 Å². The van der Waals surface area contributed by atoms with Gasteiger partial charge in [0.15, 0.2) is 0 Å². The third-order valence-electron chi connectivity index (χ3n) is 4.65. The summed E-state index contributed by atoms with van der Waals surface area (Å²) in [6.45, 7) is 3.63. The van der Waals surface area contributed by atoms with Gasteiger partial charge in [0.25, 0.3) is 5.91 Å². The van der Waals surface area contributed by atoms with Crippen LogP contribution in [0, 0.1) is 0 Å². The maximum absolute atomic E-state index is 12.6. The highest BCUT2D eigenvalue weighted by Crippen LogP contribution is 2.33. The summed E-state index contributed by atoms with van der Waals surface area (Å²) in [5.74, 6) is 0.356. The number of aromatic nitrogens is 2. The fraction of sp³-hybridized carbons (Fsp3) is 0.750. The van der Waals surface area contributed by atoms with E-state index in [9.17, 15) is 4.79 Å². The largest absolute Gasteiger partial charge is 0.376 e. The van der Waals surface area contributed by atoms with Crippen LogP contribution in [0.2, 0.25) is 0 Å². The van der Waals surface area contributed by atoms with E-state index in [0.29, 0.717) is 31.3 Å². The second-order valence-corrected chi connectivity index (χ2v) is 6.14. The zero-order valence-electron chi connectivity index (χ0n) is 13.1. The summed E-state index contributed by atoms with van der Waals surface area (Å²) >= 11 is 0. The predicted molar refractivity (Wildman–Crippen MR) is 81.9 cm³/mol. The zero-order chi connectivity index (χ0) is 15.4. The third kappa shape index (κ3) is 3.33. The number of H-pyrrole nitrogens is 1. The van der Waals surface area contributed by atoms with Gasteiger partial charge in [0.1, 0.15) is 6.10 Å². The summed E-state index contributed by atoms with van der Waals surface area (Å²) in [5.41, 5.74) is 1.66. The van der Waals surface area contributed by atoms with Crippen molar-refractivity contribution in [1.29, 1.82) is 0 Å². The van der Waals surface area contributed by atoms with Crippen LogP contribution in [0.25, 0.3) is 0 Å². The quantitative estimate of drug-likeness (QED) is 0.872. The van der Waals surface area contributed by atoms with Crippen LogP contribution in [0.15, 0.2) is 6.20 Å². The number of rotatable bonds is 5. The summed E-state index contributed by atoms with van der Waals surface area (Å²) in [6.07, 6.45) is 7.61. The van der Waals surface area contributed by atoms with E-state index < -0.39 is 0 Å². The van der Waals surface area contributed by atoms with Gasteiger partial charge in [0.2, 0.25) is 0 Å². The molecule has 1 saturated carbocycles. The van der Waals surface area contributed by atoms with E-state index in [1.165, 1.54) is 19.3 Å². The van der Waals surface area contributed by atoms with E-state index in [4.69, 9.17) is 9.47 Å². The molecule has 1 aliphatic heterocycles. The van der Waals surface area contributed by atoms with Crippen molar-refractivity contribution in [3.8, 4) is 0 Å². The average molecular weight is 307 g/mol. The minimum absolute atomic E-state index is 0.0565. The summed E-state index contributed by atoms with van der Waals surface area (Å²) < 4.78 is 11.0. The lowest BCUT2D eigenvalue weighted by atomic mass is 9.85. The van der Waals surface area contributed by atoms with Gasteiger partial charge in [-0.15, -0.1) is 0 Å². The van der Waals surface area contributed by atoms with Crippen LogP contribution in [0.4, 0.5) is 0 Å². The van der Waals surface area contributed by atoms with Gasteiger partial charge >= 0.3 is 0 Å². The van der Waals surface area contributed by atoms with Gasteiger partial charge in [0.05, 0.1) is 36.7 Å². The minimum atomic E-state index is -0.0819. The van der Waals surface area contributed by atoms with Crippen molar-refractivity contribution in [2.45, 2.75) is 57.1 Å². The van der Waals surface area contributed by atoms with Crippen LogP contribution in [0.5, 0.6) is 0 Å². The molecule has 6 nitrogen and oxygen atoms in total. The Morgan fingerprint density at radius 1 is 1.41 bits per heavy atom. The second kappa shape index (κ2) is 7.24. The number of amides is 1. The molecule has 0 spiro atoms. The number of hydrogen-bond acceptors (Lipinski definition) is 4. The lowest BCUT2D eigenvalue weighted by molar-refractivity contribution is 0.0402. The van der Waals surface area contributed by atoms with Gasteiger partial charge in [-0.2, -0.15) is 5.10 Å². The predicted octanol–water partition coefficient (Wildman–Crippen LogP) is 1.99. The zero-order valence-corrected chi connectivity index (χ0v) is 13.1. The van der Waals surface area contributed by atoms with Gasteiger partial charge in [-0.3, -0.25) is 9.89 Å². The molecule has 0 unspecified atom stereocenters. The molecule has 2 N–H and O–H groups in total. The van der Waals surface area contributed by atoms with Crippen LogP contribution in [0.1, 0.15) is 61.0 Å². The Labute approximate surface area is 130 Å². The first kappa shape index (κ1) is 15.5. The molecule has 1 aromatic heterocycles. The number of nitrogens with one attached hydrogen (secondary N) is 2. The van der Waals surface area contributed by atoms with Crippen LogP contribution in [-0.4, -0.2) is 48.1 Å². The molecule has 1 saturated heterocycles. The van der Waals surface area contributed by atoms with E-state index in [1.807, 2.05) is 6.92 Å². The molecule has 122 valence electrons. The smallest absolute Gasteiger partial charge is 0.255 e. The Morgan fingerprint density at radius 3 is 3.00 bits per heavy atom. The van der Waals surface area contributed by atoms with Crippen molar-refractivity contribution in [2.24, 2.45) is 0 Å². The van der Waals surface area contributed by atoms with Gasteiger partial charge < -0.3 is 14.8 Å². The van der Waals surface area contributed by atoms with Crippen molar-refractivity contribution >= 4 is 5.91 Å². The number of carbonyl (C=O) groups excluding carboxylic acids is 1. The molecule has 0 aromatic carbocycles. The number of ether oxygens (including phenoxy) is 2. The van der Waals surface area contributed by atoms with E-state index in [-0.39, 0.29) is 18.1 Å². The van der Waals surface area contributed by atoms with Gasteiger partial charge in [-0.1, -0.05) is 19.3 Å². The van der Waals surface area contributed by atoms with Crippen LogP contribution < -0.4 is 5.32 Å². The van der Waals surface area contributed by atoms with Gasteiger partial charge in [0, 0.05) is 12.5 Å². The molecule has 0 radical (unpaired) electrons. The van der Waals surface area contributed by atoms with Crippen LogP contribution in [-0.2, 0) is 9.47 Å². The van der Waals surface area contributed by atoms with Gasteiger partial charge in [-0.05, 0) is 19.8 Å². The molecule has 2 heterocycles. The summed E-state index contributed by atoms with van der Waals surface area (Å²) in [6, 6.07) is -0.0819. The normalized spacial score (nSPS) is 26.2. The minimum Gasteiger partial charge on any atom is -0.376 e. The summed E-state index contributed by atoms with van der Waals surface area (Å²) in [4.78, 5) is 12.6. The van der Waals surface area contributed by atoms with E-state index >= 15 is 0 Å². The Hall–Kier alpha value is -1.40. The lowest BCUT2D eigenvalue weighted by Crippen LogP contribution is -2.44. The highest BCUT2D eigenvalue weighted by Gasteiger charge is 2.32. The number of nitrogens with zero attached hydrogens (tertiary/aromatic N) is 1. The average Bonchev–Trinajstić information content (AvgIpc) is 3.18. The highest BCUT2D eigenvalue weighted by molar-refractivity contribution is 5.95. The van der Waals surface area contributed by atoms with E-state index in [0.717, 1.165) is 18.5 Å². The van der Waals surface area contributed by atoms with E-state index in [2.05, 4.69) is 15.5 Å². The molecule has 0 bridgehead atoms. The second-order valence-electron chi connectivity index (χ2n) is 6.14. The fourth-order valence-electron chi connectivity index (χ4n) is 3.47. The maximum Gasteiger partial charge on any atom is 0.255 e. The standard InChI is InChI=1S/C16H25N3O3/c1-2-22-14-10-21-9-13(14)18-16(20)12-8-17-19-15(12)11-6-4-3-5-7-11/h8,11,13-14H,2-7,9-10H2,1H3,(H,17,19)(H,18,20)/t13-,14-/m1/s1. The number of hydrogen-bond donors (Lipinski definition) is 2. The molecular weight excluding hydrogens is 282 g/mol. The molecule has 1 aliphatic carbocycles. The Bertz CT molecular complexity index is 497. The molecule has 3 rings (SSSR count). The fourth-order valence-corrected chi connectivity index (χ4v) is 3.47. The Kier molecular flexibility index (Phi) is 5.10. The number of carbonyl (C=O) groups is 1. The lowest BCUT2D eigenvalue weighted by Gasteiger charge is -2.22. The first-order valence-electron chi connectivity index (χ1n) is 8.33. The topological polar surface area (TPSA) is 76.2 Å². The number of aromatic amines is 1. The molecule has 6 heteroatoms. The highest BCUT2D eigenvalue weighted by atomic mass is 16.5. The first-order chi connectivity index (χ1) is 10.8. The molecular formula is C16H25N3O3. The molecule has 22 heavy (non-hydrogen) atoms. The molecule has 2 aliphatic rings. The third-order valence-corrected chi connectivity index (χ3v) is 4.65. The van der Waals surface area contributed by atoms with Gasteiger partial charge in [-0.25, -0.2) is 0 Å². The first-order valence-corrected chi connectivity index (χ1v) is 8.33. The molecule has 1 amide bonds. The Balaban J connectivity index is 1.66. The Morgan fingerprint density at radius 2 is 2.23 bits per heavy atom. The van der Waals surface area contributed by atoms with Crippen LogP contribution >= 0.6 is 0 Å². The molecule has 2 fully saturated rings. The maximum atomic E-state index is 12.6. The van der Waals surface area contributed by atoms with Crippen LogP contribution in [0.3, 0.4) is 0 Å². The summed E-state index contributed by atoms with van der Waals surface area (Å²) in [5, 5.41) is 10.2. The van der Waals surface area contributed by atoms with Crippen molar-refractivity contribution in [3.63, 3.8) is 0 Å². The molecule has 2 atom stereocenters. The van der Waals surface area contributed by atoms with Crippen molar-refractivity contribution in [1.82, 2.24) is 15.5 Å². The molecule has 1 aromatic rings. The monoisotopic (exact) mass is 307 g/mol. The SMILES string of the molecule is CCO[C@@H]1COC[C@H]1NC(=O)c1cn[nH]c1C1CCCCC1. The summed E-state index contributed by atoms with van der Waals surface area (Å²) in [7, 11) is 0. The van der Waals surface area contributed by atoms with E-state index in [1.54, 1.807) is 6.20 Å². The van der Waals surface area contributed by atoms with Crippen molar-refractivity contribution in [3.05, 3.63) is 17.5 Å². The van der Waals surface area contributed by atoms with Crippen molar-refractivity contribution in [2.75, 3.05) is 19.8 Å².